The van der Waals surface area contributed by atoms with E-state index in [9.17, 15) is 8.42 Å². The van der Waals surface area contributed by atoms with Crippen LogP contribution < -0.4 is 0 Å². The Kier molecular flexibility index (Phi) is 4.05. The monoisotopic (exact) mass is 238 g/mol. The molecular formula is C11H14N2O2S. The third-order valence-corrected chi connectivity index (χ3v) is 4.39. The van der Waals surface area contributed by atoms with Crippen LogP contribution in [0.4, 0.5) is 0 Å². The Morgan fingerprint density at radius 1 is 1.38 bits per heavy atom. The normalized spacial score (nSPS) is 11.4. The van der Waals surface area contributed by atoms with Crippen LogP contribution in [0.1, 0.15) is 12.5 Å². The molecule has 1 aromatic rings. The minimum absolute atomic E-state index is 0.118. The van der Waals surface area contributed by atoms with E-state index < -0.39 is 10.0 Å². The fourth-order valence-electron chi connectivity index (χ4n) is 1.43. The van der Waals surface area contributed by atoms with Crippen molar-refractivity contribution in [1.29, 1.82) is 5.26 Å². The lowest BCUT2D eigenvalue weighted by Crippen LogP contribution is -2.31. The molecular weight excluding hydrogens is 224 g/mol. The molecule has 0 atom stereocenters. The first-order valence-electron chi connectivity index (χ1n) is 4.96. The summed E-state index contributed by atoms with van der Waals surface area (Å²) in [5.41, 5.74) is 0.693. The van der Waals surface area contributed by atoms with E-state index in [-0.39, 0.29) is 11.4 Å². The summed E-state index contributed by atoms with van der Waals surface area (Å²) in [5.74, 6) is 0. The maximum Gasteiger partial charge on any atom is 0.244 e. The van der Waals surface area contributed by atoms with Crippen molar-refractivity contribution in [3.63, 3.8) is 0 Å². The Morgan fingerprint density at radius 3 is 2.50 bits per heavy atom. The average Bonchev–Trinajstić information content (AvgIpc) is 2.26. The van der Waals surface area contributed by atoms with Gasteiger partial charge in [-0.25, -0.2) is 8.42 Å². The fraction of sp³-hybridized carbons (Fsp3) is 0.364. The van der Waals surface area contributed by atoms with Gasteiger partial charge in [-0.2, -0.15) is 9.57 Å². The van der Waals surface area contributed by atoms with Crippen LogP contribution >= 0.6 is 0 Å². The Labute approximate surface area is 96.2 Å². The van der Waals surface area contributed by atoms with Crippen LogP contribution in [0.15, 0.2) is 29.2 Å². The number of benzene rings is 1. The Balaban J connectivity index is 3.22. The van der Waals surface area contributed by atoms with Crippen LogP contribution in [0.25, 0.3) is 0 Å². The largest absolute Gasteiger partial charge is 0.244 e. The molecule has 86 valence electrons. The van der Waals surface area contributed by atoms with Crippen LogP contribution in [0.2, 0.25) is 0 Å². The highest BCUT2D eigenvalue weighted by molar-refractivity contribution is 7.89. The van der Waals surface area contributed by atoms with Gasteiger partial charge in [0.15, 0.2) is 0 Å². The number of aryl methyl sites for hydroxylation is 1. The Hall–Kier alpha value is -1.38. The summed E-state index contributed by atoms with van der Waals surface area (Å²) in [6.45, 7) is 3.64. The average molecular weight is 238 g/mol. The molecule has 0 radical (unpaired) electrons. The molecule has 4 nitrogen and oxygen atoms in total. The standard InChI is InChI=1S/C11H14N2O2S/c1-3-13(9-8-12)16(14,15)11-7-5-4-6-10(11)2/h4-7H,3,9H2,1-2H3. The van der Waals surface area contributed by atoms with Gasteiger partial charge in [0.25, 0.3) is 0 Å². The van der Waals surface area contributed by atoms with E-state index in [0.29, 0.717) is 12.1 Å². The van der Waals surface area contributed by atoms with Crippen molar-refractivity contribution >= 4 is 10.0 Å². The molecule has 0 saturated heterocycles. The molecule has 0 amide bonds. The van der Waals surface area contributed by atoms with Crippen molar-refractivity contribution in [2.24, 2.45) is 0 Å². The molecule has 0 unspecified atom stereocenters. The van der Waals surface area contributed by atoms with Gasteiger partial charge in [-0.15, -0.1) is 0 Å². The summed E-state index contributed by atoms with van der Waals surface area (Å²) in [4.78, 5) is 0.270. The van der Waals surface area contributed by atoms with Crippen LogP contribution in [0.3, 0.4) is 0 Å². The van der Waals surface area contributed by atoms with Gasteiger partial charge in [0.1, 0.15) is 6.54 Å². The summed E-state index contributed by atoms with van der Waals surface area (Å²) in [5, 5.41) is 8.59. The molecule has 1 rings (SSSR count). The van der Waals surface area contributed by atoms with Gasteiger partial charge in [0, 0.05) is 6.54 Å². The van der Waals surface area contributed by atoms with Crippen molar-refractivity contribution < 1.29 is 8.42 Å². The lowest BCUT2D eigenvalue weighted by molar-refractivity contribution is 0.462. The van der Waals surface area contributed by atoms with E-state index in [0.717, 1.165) is 4.31 Å². The first-order chi connectivity index (χ1) is 7.54. The molecule has 0 N–H and O–H groups in total. The van der Waals surface area contributed by atoms with Crippen molar-refractivity contribution in [1.82, 2.24) is 4.31 Å². The highest BCUT2D eigenvalue weighted by Crippen LogP contribution is 2.18. The van der Waals surface area contributed by atoms with Crippen LogP contribution in [0.5, 0.6) is 0 Å². The number of nitriles is 1. The van der Waals surface area contributed by atoms with Gasteiger partial charge in [-0.3, -0.25) is 0 Å². The molecule has 0 saturated carbocycles. The van der Waals surface area contributed by atoms with Crippen molar-refractivity contribution in [3.05, 3.63) is 29.8 Å². The van der Waals surface area contributed by atoms with Gasteiger partial charge < -0.3 is 0 Å². The molecule has 0 aliphatic carbocycles. The minimum atomic E-state index is -3.53. The summed E-state index contributed by atoms with van der Waals surface area (Å²) >= 11 is 0. The number of hydrogen-bond donors (Lipinski definition) is 0. The van der Waals surface area contributed by atoms with E-state index in [1.807, 2.05) is 6.07 Å². The van der Waals surface area contributed by atoms with Crippen LogP contribution in [-0.2, 0) is 10.0 Å². The number of rotatable bonds is 4. The summed E-state index contributed by atoms with van der Waals surface area (Å²) in [6.07, 6.45) is 0. The van der Waals surface area contributed by atoms with Gasteiger partial charge in [0.2, 0.25) is 10.0 Å². The first kappa shape index (κ1) is 12.7. The second kappa shape index (κ2) is 5.10. The summed E-state index contributed by atoms with van der Waals surface area (Å²) < 4.78 is 25.5. The quantitative estimate of drug-likeness (QED) is 0.747. The predicted octanol–water partition coefficient (Wildman–Crippen LogP) is 1.53. The first-order valence-corrected chi connectivity index (χ1v) is 6.40. The molecule has 0 aliphatic rings. The lowest BCUT2D eigenvalue weighted by Gasteiger charge is -2.18. The third-order valence-electron chi connectivity index (χ3n) is 2.31. The van der Waals surface area contributed by atoms with Gasteiger partial charge >= 0.3 is 0 Å². The predicted molar refractivity (Wildman–Crippen MR) is 61.2 cm³/mol. The molecule has 0 fully saturated rings. The maximum atomic E-state index is 12.1. The van der Waals surface area contributed by atoms with Crippen molar-refractivity contribution in [2.75, 3.05) is 13.1 Å². The smallest absolute Gasteiger partial charge is 0.207 e. The molecule has 0 bridgehead atoms. The highest BCUT2D eigenvalue weighted by Gasteiger charge is 2.23. The molecule has 0 aromatic heterocycles. The molecule has 0 heterocycles. The van der Waals surface area contributed by atoms with E-state index in [1.165, 1.54) is 0 Å². The van der Waals surface area contributed by atoms with Gasteiger partial charge in [0.05, 0.1) is 11.0 Å². The van der Waals surface area contributed by atoms with Crippen LogP contribution in [-0.4, -0.2) is 25.8 Å². The van der Waals surface area contributed by atoms with Crippen molar-refractivity contribution in [2.45, 2.75) is 18.7 Å². The van der Waals surface area contributed by atoms with Gasteiger partial charge in [-0.05, 0) is 18.6 Å². The van der Waals surface area contributed by atoms with Gasteiger partial charge in [-0.1, -0.05) is 25.1 Å². The maximum absolute atomic E-state index is 12.1. The number of nitrogens with zero attached hydrogens (tertiary/aromatic N) is 2. The number of sulfonamides is 1. The highest BCUT2D eigenvalue weighted by atomic mass is 32.2. The van der Waals surface area contributed by atoms with Crippen molar-refractivity contribution in [3.8, 4) is 6.07 Å². The zero-order valence-corrected chi connectivity index (χ0v) is 10.2. The SMILES string of the molecule is CCN(CC#N)S(=O)(=O)c1ccccc1C. The van der Waals surface area contributed by atoms with Crippen LogP contribution in [0, 0.1) is 18.3 Å². The molecule has 5 heteroatoms. The van der Waals surface area contributed by atoms with E-state index in [1.54, 1.807) is 38.1 Å². The molecule has 0 spiro atoms. The second-order valence-electron chi connectivity index (χ2n) is 3.35. The summed E-state index contributed by atoms with van der Waals surface area (Å²) in [6, 6.07) is 8.63. The zero-order chi connectivity index (χ0) is 12.2. The molecule has 1 aromatic carbocycles. The Morgan fingerprint density at radius 2 is 2.00 bits per heavy atom. The molecule has 0 aliphatic heterocycles. The minimum Gasteiger partial charge on any atom is -0.207 e. The zero-order valence-electron chi connectivity index (χ0n) is 9.34. The summed E-state index contributed by atoms with van der Waals surface area (Å²) in [7, 11) is -3.53. The Bertz CT molecular complexity index is 503. The van der Waals surface area contributed by atoms with E-state index >= 15 is 0 Å². The number of hydrogen-bond acceptors (Lipinski definition) is 3. The van der Waals surface area contributed by atoms with E-state index in [4.69, 9.17) is 5.26 Å². The topological polar surface area (TPSA) is 61.2 Å². The fourth-order valence-corrected chi connectivity index (χ4v) is 3.00. The second-order valence-corrected chi connectivity index (χ2v) is 5.26. The van der Waals surface area contributed by atoms with E-state index in [2.05, 4.69) is 0 Å². The third kappa shape index (κ3) is 2.40. The molecule has 16 heavy (non-hydrogen) atoms. The lowest BCUT2D eigenvalue weighted by atomic mass is 10.2.